The van der Waals surface area contributed by atoms with Crippen LogP contribution in [0.4, 0.5) is 0 Å². The van der Waals surface area contributed by atoms with Crippen molar-refractivity contribution in [2.75, 3.05) is 47.1 Å². The van der Waals surface area contributed by atoms with Gasteiger partial charge in [-0.2, -0.15) is 5.26 Å². The number of methoxy groups -OCH3 is 2. The standard InChI is InChI=1S/C15H29N3O2/c1-4-17-15(13-16)7-5-6-14(12-15)18(8-10-19-2)9-11-20-3/h14,17H,4-12H2,1-3H3. The summed E-state index contributed by atoms with van der Waals surface area (Å²) in [5.74, 6) is 0. The molecule has 1 rings (SSSR count). The number of nitriles is 1. The summed E-state index contributed by atoms with van der Waals surface area (Å²) in [4.78, 5) is 2.41. The van der Waals surface area contributed by atoms with Crippen molar-refractivity contribution in [2.45, 2.75) is 44.2 Å². The highest BCUT2D eigenvalue weighted by molar-refractivity contribution is 5.11. The van der Waals surface area contributed by atoms with E-state index in [1.54, 1.807) is 14.2 Å². The van der Waals surface area contributed by atoms with Crippen molar-refractivity contribution in [3.63, 3.8) is 0 Å². The highest BCUT2D eigenvalue weighted by atomic mass is 16.5. The molecule has 0 radical (unpaired) electrons. The molecular weight excluding hydrogens is 254 g/mol. The van der Waals surface area contributed by atoms with Crippen molar-refractivity contribution in [3.8, 4) is 6.07 Å². The fraction of sp³-hybridized carbons (Fsp3) is 0.933. The number of rotatable bonds is 9. The summed E-state index contributed by atoms with van der Waals surface area (Å²) in [6, 6.07) is 2.95. The Balaban J connectivity index is 2.66. The lowest BCUT2D eigenvalue weighted by molar-refractivity contribution is 0.0607. The molecule has 0 amide bonds. The summed E-state index contributed by atoms with van der Waals surface area (Å²) < 4.78 is 10.4. The molecule has 20 heavy (non-hydrogen) atoms. The van der Waals surface area contributed by atoms with Gasteiger partial charge in [0.1, 0.15) is 5.54 Å². The highest BCUT2D eigenvalue weighted by Gasteiger charge is 2.37. The molecule has 1 saturated carbocycles. The summed E-state index contributed by atoms with van der Waals surface area (Å²) in [6.45, 7) is 6.16. The first kappa shape index (κ1) is 17.4. The van der Waals surface area contributed by atoms with Gasteiger partial charge in [0, 0.05) is 33.4 Å². The molecule has 2 unspecified atom stereocenters. The van der Waals surface area contributed by atoms with Gasteiger partial charge in [-0.05, 0) is 32.2 Å². The Morgan fingerprint density at radius 3 is 2.45 bits per heavy atom. The van der Waals surface area contributed by atoms with Gasteiger partial charge < -0.3 is 9.47 Å². The molecule has 1 N–H and O–H groups in total. The van der Waals surface area contributed by atoms with Crippen molar-refractivity contribution in [1.82, 2.24) is 10.2 Å². The van der Waals surface area contributed by atoms with E-state index in [9.17, 15) is 5.26 Å². The summed E-state index contributed by atoms with van der Waals surface area (Å²) in [5.41, 5.74) is -0.351. The number of nitrogens with one attached hydrogen (secondary N) is 1. The Kier molecular flexibility index (Phi) is 8.08. The molecular formula is C15H29N3O2. The number of hydrogen-bond acceptors (Lipinski definition) is 5. The Bertz CT molecular complexity index is 294. The van der Waals surface area contributed by atoms with Gasteiger partial charge in [0.25, 0.3) is 0 Å². The molecule has 0 aromatic carbocycles. The Hall–Kier alpha value is -0.670. The predicted molar refractivity (Wildman–Crippen MR) is 79.6 cm³/mol. The lowest BCUT2D eigenvalue weighted by Gasteiger charge is -2.41. The number of ether oxygens (including phenoxy) is 2. The summed E-state index contributed by atoms with van der Waals surface area (Å²) in [7, 11) is 3.46. The van der Waals surface area contributed by atoms with E-state index in [-0.39, 0.29) is 5.54 Å². The lowest BCUT2D eigenvalue weighted by atomic mass is 9.79. The van der Waals surface area contributed by atoms with Crippen LogP contribution in [0.2, 0.25) is 0 Å². The van der Waals surface area contributed by atoms with E-state index in [1.165, 1.54) is 0 Å². The second-order valence-corrected chi connectivity index (χ2v) is 5.50. The maximum atomic E-state index is 9.54. The maximum Gasteiger partial charge on any atom is 0.108 e. The molecule has 116 valence electrons. The Morgan fingerprint density at radius 2 is 1.95 bits per heavy atom. The summed E-state index contributed by atoms with van der Waals surface area (Å²) in [6.07, 6.45) is 4.10. The van der Waals surface area contributed by atoms with Gasteiger partial charge in [-0.3, -0.25) is 10.2 Å². The molecule has 0 aliphatic heterocycles. The van der Waals surface area contributed by atoms with E-state index in [2.05, 4.69) is 23.2 Å². The summed E-state index contributed by atoms with van der Waals surface area (Å²) >= 11 is 0. The monoisotopic (exact) mass is 283 g/mol. The molecule has 1 aliphatic rings. The van der Waals surface area contributed by atoms with Crippen molar-refractivity contribution in [1.29, 1.82) is 5.26 Å². The molecule has 1 aliphatic carbocycles. The highest BCUT2D eigenvalue weighted by Crippen LogP contribution is 2.30. The van der Waals surface area contributed by atoms with Gasteiger partial charge in [-0.15, -0.1) is 0 Å². The van der Waals surface area contributed by atoms with Crippen molar-refractivity contribution < 1.29 is 9.47 Å². The Morgan fingerprint density at radius 1 is 1.30 bits per heavy atom. The molecule has 5 nitrogen and oxygen atoms in total. The number of hydrogen-bond donors (Lipinski definition) is 1. The van der Waals surface area contributed by atoms with Crippen LogP contribution in [0.25, 0.3) is 0 Å². The largest absolute Gasteiger partial charge is 0.383 e. The molecule has 0 spiro atoms. The summed E-state index contributed by atoms with van der Waals surface area (Å²) in [5, 5.41) is 12.9. The molecule has 0 bridgehead atoms. The maximum absolute atomic E-state index is 9.54. The number of nitrogens with zero attached hydrogens (tertiary/aromatic N) is 2. The third kappa shape index (κ3) is 5.02. The minimum atomic E-state index is -0.351. The smallest absolute Gasteiger partial charge is 0.108 e. The first-order valence-electron chi connectivity index (χ1n) is 7.59. The second kappa shape index (κ2) is 9.30. The molecule has 2 atom stereocenters. The van der Waals surface area contributed by atoms with Crippen LogP contribution in [-0.4, -0.2) is 63.5 Å². The van der Waals surface area contributed by atoms with Crippen LogP contribution < -0.4 is 5.32 Å². The van der Waals surface area contributed by atoms with Gasteiger partial charge in [0.05, 0.1) is 19.3 Å². The van der Waals surface area contributed by atoms with E-state index in [4.69, 9.17) is 9.47 Å². The van der Waals surface area contributed by atoms with Crippen molar-refractivity contribution in [2.24, 2.45) is 0 Å². The van der Waals surface area contributed by atoms with Crippen molar-refractivity contribution >= 4 is 0 Å². The fourth-order valence-electron chi connectivity index (χ4n) is 3.09. The molecule has 5 heteroatoms. The topological polar surface area (TPSA) is 57.5 Å². The average molecular weight is 283 g/mol. The molecule has 0 heterocycles. The van der Waals surface area contributed by atoms with Crippen LogP contribution in [0.15, 0.2) is 0 Å². The third-order valence-corrected chi connectivity index (χ3v) is 4.14. The van der Waals surface area contributed by atoms with Gasteiger partial charge in [0.15, 0.2) is 0 Å². The molecule has 0 saturated heterocycles. The molecule has 1 fully saturated rings. The van der Waals surface area contributed by atoms with E-state index in [0.29, 0.717) is 6.04 Å². The SMILES string of the molecule is CCNC1(C#N)CCCC(N(CCOC)CCOC)C1. The minimum Gasteiger partial charge on any atom is -0.383 e. The van der Waals surface area contributed by atoms with Crippen molar-refractivity contribution in [3.05, 3.63) is 0 Å². The van der Waals surface area contributed by atoms with Gasteiger partial charge >= 0.3 is 0 Å². The lowest BCUT2D eigenvalue weighted by Crippen LogP contribution is -2.53. The molecule has 0 aromatic heterocycles. The van der Waals surface area contributed by atoms with Crippen LogP contribution in [-0.2, 0) is 9.47 Å². The zero-order valence-corrected chi connectivity index (χ0v) is 13.2. The zero-order chi connectivity index (χ0) is 14.8. The minimum absolute atomic E-state index is 0.351. The Labute approximate surface area is 123 Å². The third-order valence-electron chi connectivity index (χ3n) is 4.14. The molecule has 0 aromatic rings. The van der Waals surface area contributed by atoms with Crippen LogP contribution in [0.5, 0.6) is 0 Å². The quantitative estimate of drug-likeness (QED) is 0.693. The zero-order valence-electron chi connectivity index (χ0n) is 13.2. The first-order chi connectivity index (χ1) is 9.71. The average Bonchev–Trinajstić information content (AvgIpc) is 2.48. The second-order valence-electron chi connectivity index (χ2n) is 5.50. The van der Waals surface area contributed by atoms with Crippen LogP contribution in [0.3, 0.4) is 0 Å². The van der Waals surface area contributed by atoms with Crippen LogP contribution in [0, 0.1) is 11.3 Å². The van der Waals surface area contributed by atoms with Gasteiger partial charge in [-0.1, -0.05) is 6.92 Å². The van der Waals surface area contributed by atoms with Gasteiger partial charge in [0.2, 0.25) is 0 Å². The van der Waals surface area contributed by atoms with Crippen LogP contribution in [0.1, 0.15) is 32.6 Å². The van der Waals surface area contributed by atoms with Gasteiger partial charge in [-0.25, -0.2) is 0 Å². The fourth-order valence-corrected chi connectivity index (χ4v) is 3.09. The predicted octanol–water partition coefficient (Wildman–Crippen LogP) is 1.40. The van der Waals surface area contributed by atoms with E-state index >= 15 is 0 Å². The van der Waals surface area contributed by atoms with E-state index in [1.807, 2.05) is 0 Å². The normalized spacial score (nSPS) is 26.6. The van der Waals surface area contributed by atoms with E-state index < -0.39 is 0 Å². The van der Waals surface area contributed by atoms with Crippen LogP contribution >= 0.6 is 0 Å². The first-order valence-corrected chi connectivity index (χ1v) is 7.59. The van der Waals surface area contributed by atoms with E-state index in [0.717, 1.165) is 58.5 Å².